The van der Waals surface area contributed by atoms with Crippen molar-refractivity contribution in [1.29, 1.82) is 0 Å². The number of ketones is 1. The third-order valence-corrected chi connectivity index (χ3v) is 5.28. The summed E-state index contributed by atoms with van der Waals surface area (Å²) in [6.45, 7) is 4.83. The second-order valence-corrected chi connectivity index (χ2v) is 6.96. The lowest BCUT2D eigenvalue weighted by molar-refractivity contribution is -0.135. The summed E-state index contributed by atoms with van der Waals surface area (Å²) in [5, 5.41) is 3.30. The summed E-state index contributed by atoms with van der Waals surface area (Å²) in [6, 6.07) is 0.427. The molecule has 0 aliphatic heterocycles. The van der Waals surface area contributed by atoms with Crippen LogP contribution >= 0.6 is 0 Å². The quantitative estimate of drug-likeness (QED) is 0.811. The summed E-state index contributed by atoms with van der Waals surface area (Å²) in [5.74, 6) is 4.35. The van der Waals surface area contributed by atoms with E-state index >= 15 is 0 Å². The Kier molecular flexibility index (Phi) is 3.02. The lowest BCUT2D eigenvalue weighted by Crippen LogP contribution is -2.50. The molecule has 0 atom stereocenters. The Labute approximate surface area is 105 Å². The van der Waals surface area contributed by atoms with Crippen molar-refractivity contribution < 1.29 is 4.79 Å². The van der Waals surface area contributed by atoms with E-state index in [2.05, 4.69) is 19.2 Å². The minimum atomic E-state index is 0.411. The number of hydrogen-bond donors (Lipinski definition) is 1. The molecular formula is C15H25NO. The summed E-state index contributed by atoms with van der Waals surface area (Å²) in [7, 11) is 0. The van der Waals surface area contributed by atoms with Crippen LogP contribution in [-0.4, -0.2) is 18.4 Å². The largest absolute Gasteiger partial charge is 0.308 e. The average molecular weight is 235 g/mol. The molecule has 0 spiro atoms. The standard InChI is InChI=1S/C15H25NO/c1-9(2)16-8-14(17)15-12-4-10-3-11(6-12)7-13(15)5-10/h9-13,15-16H,3-8H2,1-2H3. The molecular weight excluding hydrogens is 210 g/mol. The summed E-state index contributed by atoms with van der Waals surface area (Å²) in [5.41, 5.74) is 0. The third kappa shape index (κ3) is 2.16. The van der Waals surface area contributed by atoms with E-state index in [1.807, 2.05) is 0 Å². The first-order valence-electron chi connectivity index (χ1n) is 7.39. The predicted molar refractivity (Wildman–Crippen MR) is 68.7 cm³/mol. The smallest absolute Gasteiger partial charge is 0.150 e. The zero-order valence-electron chi connectivity index (χ0n) is 11.1. The highest BCUT2D eigenvalue weighted by atomic mass is 16.1. The summed E-state index contributed by atoms with van der Waals surface area (Å²) >= 11 is 0. The van der Waals surface area contributed by atoms with E-state index < -0.39 is 0 Å². The fourth-order valence-corrected chi connectivity index (χ4v) is 4.87. The number of Topliss-reactive ketones (excluding diaryl/α,β-unsaturated/α-hetero) is 1. The molecule has 4 bridgehead atoms. The van der Waals surface area contributed by atoms with Gasteiger partial charge in [0.25, 0.3) is 0 Å². The monoisotopic (exact) mass is 235 g/mol. The van der Waals surface area contributed by atoms with Crippen molar-refractivity contribution in [3.05, 3.63) is 0 Å². The second-order valence-electron chi connectivity index (χ2n) is 6.96. The van der Waals surface area contributed by atoms with Crippen molar-refractivity contribution >= 4 is 5.78 Å². The molecule has 0 unspecified atom stereocenters. The molecule has 0 amide bonds. The van der Waals surface area contributed by atoms with Crippen LogP contribution in [0.15, 0.2) is 0 Å². The van der Waals surface area contributed by atoms with Crippen molar-refractivity contribution in [2.24, 2.45) is 29.6 Å². The van der Waals surface area contributed by atoms with Gasteiger partial charge in [-0.15, -0.1) is 0 Å². The predicted octanol–water partition coefficient (Wildman–Crippen LogP) is 2.63. The maximum Gasteiger partial charge on any atom is 0.150 e. The van der Waals surface area contributed by atoms with E-state index in [9.17, 15) is 4.79 Å². The first-order chi connectivity index (χ1) is 8.13. The summed E-state index contributed by atoms with van der Waals surface area (Å²) in [4.78, 5) is 12.4. The zero-order chi connectivity index (χ0) is 12.0. The highest BCUT2D eigenvalue weighted by Crippen LogP contribution is 2.56. The Morgan fingerprint density at radius 1 is 1.06 bits per heavy atom. The van der Waals surface area contributed by atoms with Crippen LogP contribution in [0.4, 0.5) is 0 Å². The second kappa shape index (κ2) is 4.38. The van der Waals surface area contributed by atoms with Crippen molar-refractivity contribution in [3.63, 3.8) is 0 Å². The highest BCUT2D eigenvalue weighted by Gasteiger charge is 2.50. The van der Waals surface area contributed by atoms with Gasteiger partial charge < -0.3 is 5.32 Å². The maximum atomic E-state index is 12.4. The van der Waals surface area contributed by atoms with Crippen LogP contribution < -0.4 is 5.32 Å². The molecule has 4 fully saturated rings. The Morgan fingerprint density at radius 3 is 2.06 bits per heavy atom. The van der Waals surface area contributed by atoms with Crippen LogP contribution in [0.25, 0.3) is 0 Å². The van der Waals surface area contributed by atoms with E-state index in [0.29, 0.717) is 24.3 Å². The summed E-state index contributed by atoms with van der Waals surface area (Å²) in [6.07, 6.45) is 6.88. The van der Waals surface area contributed by atoms with Gasteiger partial charge >= 0.3 is 0 Å². The van der Waals surface area contributed by atoms with E-state index in [-0.39, 0.29) is 0 Å². The van der Waals surface area contributed by atoms with E-state index in [1.54, 1.807) is 0 Å². The van der Waals surface area contributed by atoms with Crippen LogP contribution in [0.3, 0.4) is 0 Å². The van der Waals surface area contributed by atoms with Gasteiger partial charge in [0.1, 0.15) is 5.78 Å². The Balaban J connectivity index is 1.65. The molecule has 0 aromatic heterocycles. The SMILES string of the molecule is CC(C)NCC(=O)C1C2CC3CC(C2)CC1C3. The van der Waals surface area contributed by atoms with Gasteiger partial charge in [-0.3, -0.25) is 4.79 Å². The fraction of sp³-hybridized carbons (Fsp3) is 0.933. The lowest BCUT2D eigenvalue weighted by atomic mass is 9.51. The van der Waals surface area contributed by atoms with Gasteiger partial charge in [-0.25, -0.2) is 0 Å². The van der Waals surface area contributed by atoms with Crippen LogP contribution in [0.2, 0.25) is 0 Å². The molecule has 4 aliphatic rings. The van der Waals surface area contributed by atoms with Gasteiger partial charge in [0.2, 0.25) is 0 Å². The third-order valence-electron chi connectivity index (χ3n) is 5.28. The number of rotatable bonds is 4. The zero-order valence-corrected chi connectivity index (χ0v) is 11.1. The highest BCUT2D eigenvalue weighted by molar-refractivity contribution is 5.83. The Hall–Kier alpha value is -0.370. The van der Waals surface area contributed by atoms with Crippen molar-refractivity contribution in [3.8, 4) is 0 Å². The Bertz CT molecular complexity index is 282. The number of nitrogens with one attached hydrogen (secondary N) is 1. The summed E-state index contributed by atoms with van der Waals surface area (Å²) < 4.78 is 0. The topological polar surface area (TPSA) is 29.1 Å². The first-order valence-corrected chi connectivity index (χ1v) is 7.39. The molecule has 96 valence electrons. The molecule has 1 N–H and O–H groups in total. The molecule has 0 aromatic carbocycles. The van der Waals surface area contributed by atoms with Crippen molar-refractivity contribution in [2.45, 2.75) is 52.0 Å². The van der Waals surface area contributed by atoms with Gasteiger partial charge in [-0.2, -0.15) is 0 Å². The van der Waals surface area contributed by atoms with Crippen LogP contribution in [0, 0.1) is 29.6 Å². The molecule has 2 heteroatoms. The van der Waals surface area contributed by atoms with Crippen molar-refractivity contribution in [1.82, 2.24) is 5.32 Å². The van der Waals surface area contributed by atoms with Gasteiger partial charge in [0.15, 0.2) is 0 Å². The van der Waals surface area contributed by atoms with Crippen LogP contribution in [-0.2, 0) is 4.79 Å². The molecule has 4 rings (SSSR count). The van der Waals surface area contributed by atoms with Crippen LogP contribution in [0.1, 0.15) is 46.0 Å². The minimum absolute atomic E-state index is 0.411. The van der Waals surface area contributed by atoms with Crippen LogP contribution in [0.5, 0.6) is 0 Å². The molecule has 17 heavy (non-hydrogen) atoms. The molecule has 0 radical (unpaired) electrons. The first kappa shape index (κ1) is 11.7. The van der Waals surface area contributed by atoms with Crippen molar-refractivity contribution in [2.75, 3.05) is 6.54 Å². The molecule has 2 nitrogen and oxygen atoms in total. The van der Waals surface area contributed by atoms with E-state index in [0.717, 1.165) is 23.7 Å². The van der Waals surface area contributed by atoms with E-state index in [4.69, 9.17) is 0 Å². The average Bonchev–Trinajstić information content (AvgIpc) is 2.24. The molecule has 4 saturated carbocycles. The van der Waals surface area contributed by atoms with Gasteiger partial charge in [0.05, 0.1) is 6.54 Å². The molecule has 0 saturated heterocycles. The maximum absolute atomic E-state index is 12.4. The number of hydrogen-bond acceptors (Lipinski definition) is 2. The minimum Gasteiger partial charge on any atom is -0.308 e. The van der Waals surface area contributed by atoms with Gasteiger partial charge in [0, 0.05) is 12.0 Å². The number of carbonyl (C=O) groups is 1. The lowest BCUT2D eigenvalue weighted by Gasteiger charge is -2.53. The molecule has 0 aromatic rings. The van der Waals surface area contributed by atoms with E-state index in [1.165, 1.54) is 32.1 Å². The fourth-order valence-electron chi connectivity index (χ4n) is 4.87. The Morgan fingerprint density at radius 2 is 1.59 bits per heavy atom. The normalized spacial score (nSPS) is 43.4. The number of carbonyl (C=O) groups excluding carboxylic acids is 1. The molecule has 0 heterocycles. The molecule has 4 aliphatic carbocycles. The van der Waals surface area contributed by atoms with Gasteiger partial charge in [-0.1, -0.05) is 13.8 Å². The van der Waals surface area contributed by atoms with Gasteiger partial charge in [-0.05, 0) is 55.8 Å².